The summed E-state index contributed by atoms with van der Waals surface area (Å²) in [5.74, 6) is 0. The van der Waals surface area contributed by atoms with Crippen LogP contribution in [0.5, 0.6) is 0 Å². The summed E-state index contributed by atoms with van der Waals surface area (Å²) in [6.45, 7) is 14.6. The molecule has 3 nitrogen and oxygen atoms in total. The third-order valence-corrected chi connectivity index (χ3v) is 6.61. The van der Waals surface area contributed by atoms with Crippen molar-refractivity contribution in [3.63, 3.8) is 0 Å². The first kappa shape index (κ1) is 18.1. The van der Waals surface area contributed by atoms with E-state index in [2.05, 4.69) is 44.0 Å². The van der Waals surface area contributed by atoms with Crippen LogP contribution in [0.1, 0.15) is 60.3 Å². The van der Waals surface area contributed by atoms with Gasteiger partial charge in [-0.05, 0) is 25.7 Å². The molecule has 0 aliphatic rings. The minimum Gasteiger partial charge on any atom is -0.289 e. The summed E-state index contributed by atoms with van der Waals surface area (Å²) in [5, 5.41) is 0. The van der Waals surface area contributed by atoms with Crippen molar-refractivity contribution in [3.8, 4) is 0 Å². The van der Waals surface area contributed by atoms with Crippen LogP contribution in [0.2, 0.25) is 0 Å². The zero-order valence-corrected chi connectivity index (χ0v) is 14.0. The highest BCUT2D eigenvalue weighted by Crippen LogP contribution is 2.53. The van der Waals surface area contributed by atoms with Gasteiger partial charge in [0.15, 0.2) is 0 Å². The van der Waals surface area contributed by atoms with Crippen molar-refractivity contribution in [2.24, 2.45) is 0 Å². The summed E-state index contributed by atoms with van der Waals surface area (Å²) in [6.07, 6.45) is 5.09. The van der Waals surface area contributed by atoms with Gasteiger partial charge in [0.1, 0.15) is 0 Å². The molecule has 0 fully saturated rings. The van der Waals surface area contributed by atoms with Gasteiger partial charge in [-0.15, -0.1) is 0 Å². The highest BCUT2D eigenvalue weighted by atomic mass is 31.2. The molecule has 0 aliphatic heterocycles. The van der Waals surface area contributed by atoms with E-state index in [1.54, 1.807) is 0 Å². The lowest BCUT2D eigenvalue weighted by Gasteiger charge is -2.39. The minimum absolute atomic E-state index is 0.771. The fourth-order valence-corrected chi connectivity index (χ4v) is 5.67. The second-order valence-corrected chi connectivity index (χ2v) is 7.98. The average Bonchev–Trinajstić information content (AvgIpc) is 2.37. The highest BCUT2D eigenvalue weighted by Gasteiger charge is 2.33. The maximum absolute atomic E-state index is 13.4. The van der Waals surface area contributed by atoms with Crippen molar-refractivity contribution in [2.45, 2.75) is 60.3 Å². The van der Waals surface area contributed by atoms with E-state index < -0.39 is 7.44 Å². The van der Waals surface area contributed by atoms with Crippen molar-refractivity contribution in [1.29, 1.82) is 0 Å². The van der Waals surface area contributed by atoms with E-state index in [0.717, 1.165) is 58.0 Å². The topological polar surface area (TPSA) is 23.6 Å². The van der Waals surface area contributed by atoms with Gasteiger partial charge in [0.25, 0.3) is 0 Å². The molecule has 18 heavy (non-hydrogen) atoms. The smallest absolute Gasteiger partial charge is 0.216 e. The monoisotopic (exact) mass is 276 g/mol. The summed E-state index contributed by atoms with van der Waals surface area (Å²) in [7, 11) is -2.32. The fourth-order valence-electron chi connectivity index (χ4n) is 2.46. The molecular formula is C14H33N2OP. The van der Waals surface area contributed by atoms with Gasteiger partial charge in [-0.25, -0.2) is 9.34 Å². The molecule has 0 aliphatic carbocycles. The number of rotatable bonds is 11. The van der Waals surface area contributed by atoms with Crippen LogP contribution in [0.15, 0.2) is 0 Å². The lowest BCUT2D eigenvalue weighted by atomic mass is 10.4. The van der Waals surface area contributed by atoms with Crippen LogP contribution in [0.25, 0.3) is 0 Å². The van der Waals surface area contributed by atoms with E-state index >= 15 is 0 Å². The molecule has 110 valence electrons. The van der Waals surface area contributed by atoms with Crippen molar-refractivity contribution in [1.82, 2.24) is 9.34 Å². The van der Waals surface area contributed by atoms with E-state index in [4.69, 9.17) is 0 Å². The molecule has 0 aromatic carbocycles. The van der Waals surface area contributed by atoms with Crippen LogP contribution in [-0.4, -0.2) is 41.7 Å². The van der Waals surface area contributed by atoms with Crippen molar-refractivity contribution >= 4 is 7.44 Å². The molecule has 0 saturated carbocycles. The minimum atomic E-state index is -2.32. The molecule has 0 heterocycles. The standard InChI is InChI=1S/C14H33N2OP/c1-6-11-15(12-7-2)18(17,10-5)16(13-8-3)14-9-4/h6-14H2,1-5H3. The van der Waals surface area contributed by atoms with Crippen LogP contribution in [-0.2, 0) is 4.57 Å². The first-order chi connectivity index (χ1) is 8.60. The van der Waals surface area contributed by atoms with Crippen molar-refractivity contribution in [3.05, 3.63) is 0 Å². The van der Waals surface area contributed by atoms with Gasteiger partial charge in [-0.3, -0.25) is 4.57 Å². The Bertz CT molecular complexity index is 214. The van der Waals surface area contributed by atoms with Crippen LogP contribution in [0, 0.1) is 0 Å². The molecule has 0 aromatic rings. The Balaban J connectivity index is 5.03. The van der Waals surface area contributed by atoms with Gasteiger partial charge in [0.05, 0.1) is 0 Å². The molecule has 0 saturated heterocycles. The zero-order valence-electron chi connectivity index (χ0n) is 13.1. The van der Waals surface area contributed by atoms with E-state index in [9.17, 15) is 4.57 Å². The third-order valence-electron chi connectivity index (χ3n) is 3.22. The van der Waals surface area contributed by atoms with Gasteiger partial charge < -0.3 is 0 Å². The Hall–Kier alpha value is 0.150. The van der Waals surface area contributed by atoms with E-state index in [-0.39, 0.29) is 0 Å². The normalized spacial score (nSPS) is 12.6. The average molecular weight is 276 g/mol. The summed E-state index contributed by atoms with van der Waals surface area (Å²) in [5.41, 5.74) is 0. The molecule has 4 heteroatoms. The molecule has 0 amide bonds. The fraction of sp³-hybridized carbons (Fsp3) is 1.00. The van der Waals surface area contributed by atoms with Gasteiger partial charge in [0.2, 0.25) is 7.44 Å². The van der Waals surface area contributed by atoms with Crippen LogP contribution >= 0.6 is 7.44 Å². The lowest BCUT2D eigenvalue weighted by Crippen LogP contribution is -2.35. The van der Waals surface area contributed by atoms with Crippen molar-refractivity contribution < 1.29 is 4.57 Å². The SMILES string of the molecule is CCCN(CCC)P(=O)(CC)N(CCC)CCC. The molecule has 0 unspecified atom stereocenters. The second-order valence-electron chi connectivity index (χ2n) is 4.89. The second kappa shape index (κ2) is 10.00. The summed E-state index contributed by atoms with van der Waals surface area (Å²) in [4.78, 5) is 0. The van der Waals surface area contributed by atoms with Crippen LogP contribution in [0.4, 0.5) is 0 Å². The van der Waals surface area contributed by atoms with Gasteiger partial charge >= 0.3 is 0 Å². The Kier molecular flexibility index (Phi) is 10.1. The molecule has 0 bridgehead atoms. The predicted octanol–water partition coefficient (Wildman–Crippen LogP) is 4.44. The summed E-state index contributed by atoms with van der Waals surface area (Å²) >= 11 is 0. The summed E-state index contributed by atoms with van der Waals surface area (Å²) < 4.78 is 17.9. The van der Waals surface area contributed by atoms with Gasteiger partial charge in [-0.1, -0.05) is 34.6 Å². The highest BCUT2D eigenvalue weighted by molar-refractivity contribution is 7.59. The molecule has 0 radical (unpaired) electrons. The molecule has 0 rings (SSSR count). The number of nitrogens with zero attached hydrogens (tertiary/aromatic N) is 2. The third kappa shape index (κ3) is 5.03. The van der Waals surface area contributed by atoms with Gasteiger partial charge in [0, 0.05) is 32.3 Å². The first-order valence-corrected chi connectivity index (χ1v) is 9.50. The maximum atomic E-state index is 13.4. The van der Waals surface area contributed by atoms with Gasteiger partial charge in [-0.2, -0.15) is 0 Å². The molecule has 0 N–H and O–H groups in total. The van der Waals surface area contributed by atoms with Crippen LogP contribution in [0.3, 0.4) is 0 Å². The van der Waals surface area contributed by atoms with E-state index in [0.29, 0.717) is 0 Å². The summed E-state index contributed by atoms with van der Waals surface area (Å²) in [6, 6.07) is 0. The predicted molar refractivity (Wildman–Crippen MR) is 82.5 cm³/mol. The van der Waals surface area contributed by atoms with Crippen LogP contribution < -0.4 is 0 Å². The largest absolute Gasteiger partial charge is 0.289 e. The molecule has 0 aromatic heterocycles. The maximum Gasteiger partial charge on any atom is 0.216 e. The van der Waals surface area contributed by atoms with E-state index in [1.165, 1.54) is 0 Å². The zero-order chi connectivity index (χ0) is 14.0. The lowest BCUT2D eigenvalue weighted by molar-refractivity contribution is 0.329. The Morgan fingerprint density at radius 1 is 0.667 bits per heavy atom. The molecular weight excluding hydrogens is 243 g/mol. The number of hydrogen-bond donors (Lipinski definition) is 0. The quantitative estimate of drug-likeness (QED) is 0.521. The number of hydrogen-bond acceptors (Lipinski definition) is 1. The Labute approximate surface area is 114 Å². The Morgan fingerprint density at radius 3 is 1.11 bits per heavy atom. The Morgan fingerprint density at radius 2 is 0.944 bits per heavy atom. The molecule has 0 atom stereocenters. The van der Waals surface area contributed by atoms with Crippen molar-refractivity contribution in [2.75, 3.05) is 32.3 Å². The first-order valence-electron chi connectivity index (χ1n) is 7.70. The molecule has 0 spiro atoms. The van der Waals surface area contributed by atoms with E-state index in [1.807, 2.05) is 0 Å².